The fourth-order valence-electron chi connectivity index (χ4n) is 2.47. The highest BCUT2D eigenvalue weighted by Gasteiger charge is 2.12. The van der Waals surface area contributed by atoms with Crippen molar-refractivity contribution in [2.24, 2.45) is 0 Å². The molecule has 0 saturated heterocycles. The maximum atomic E-state index is 9.20. The molecule has 0 heterocycles. The summed E-state index contributed by atoms with van der Waals surface area (Å²) in [5.74, 6) is 1.41. The van der Waals surface area contributed by atoms with E-state index in [-0.39, 0.29) is 6.10 Å². The van der Waals surface area contributed by atoms with E-state index in [0.29, 0.717) is 24.7 Å². The van der Waals surface area contributed by atoms with Crippen LogP contribution in [0.25, 0.3) is 0 Å². The van der Waals surface area contributed by atoms with Gasteiger partial charge in [0.15, 0.2) is 11.5 Å². The highest BCUT2D eigenvalue weighted by atomic mass is 79.9. The largest absolute Gasteiger partial charge is 0.493 e. The summed E-state index contributed by atoms with van der Waals surface area (Å²) in [6.45, 7) is 5.22. The Balaban J connectivity index is 1.89. The van der Waals surface area contributed by atoms with Gasteiger partial charge in [-0.2, -0.15) is 0 Å². The fourth-order valence-corrected chi connectivity index (χ4v) is 3.07. The molecule has 0 aromatic heterocycles. The molecule has 0 unspecified atom stereocenters. The first-order valence-electron chi connectivity index (χ1n) is 8.72. The SMILES string of the molecule is COc1cc(CNCCNC[C@@H](C)O)cc(Br)c1OCc1ccccc1. The van der Waals surface area contributed by atoms with Crippen molar-refractivity contribution in [3.05, 3.63) is 58.1 Å². The zero-order chi connectivity index (χ0) is 18.8. The van der Waals surface area contributed by atoms with E-state index in [1.807, 2.05) is 42.5 Å². The van der Waals surface area contributed by atoms with Gasteiger partial charge in [-0.1, -0.05) is 30.3 Å². The molecule has 0 amide bonds. The van der Waals surface area contributed by atoms with Crippen LogP contribution in [0.4, 0.5) is 0 Å². The van der Waals surface area contributed by atoms with Gasteiger partial charge < -0.3 is 25.2 Å². The number of hydrogen-bond acceptors (Lipinski definition) is 5. The average Bonchev–Trinajstić information content (AvgIpc) is 2.63. The lowest BCUT2D eigenvalue weighted by molar-refractivity contribution is 0.191. The molecule has 26 heavy (non-hydrogen) atoms. The van der Waals surface area contributed by atoms with Gasteiger partial charge in [0.1, 0.15) is 6.61 Å². The molecule has 142 valence electrons. The smallest absolute Gasteiger partial charge is 0.175 e. The lowest BCUT2D eigenvalue weighted by Gasteiger charge is -2.15. The Morgan fingerprint density at radius 3 is 2.50 bits per heavy atom. The lowest BCUT2D eigenvalue weighted by Crippen LogP contribution is -2.31. The number of ether oxygens (including phenoxy) is 2. The zero-order valence-corrected chi connectivity index (χ0v) is 16.9. The Kier molecular flexibility index (Phi) is 8.91. The molecule has 0 spiro atoms. The van der Waals surface area contributed by atoms with Crippen molar-refractivity contribution < 1.29 is 14.6 Å². The van der Waals surface area contributed by atoms with E-state index in [4.69, 9.17) is 9.47 Å². The van der Waals surface area contributed by atoms with E-state index in [9.17, 15) is 5.11 Å². The molecule has 0 aliphatic carbocycles. The predicted molar refractivity (Wildman–Crippen MR) is 108 cm³/mol. The van der Waals surface area contributed by atoms with Crippen LogP contribution in [0.1, 0.15) is 18.1 Å². The number of nitrogens with one attached hydrogen (secondary N) is 2. The first-order valence-corrected chi connectivity index (χ1v) is 9.52. The van der Waals surface area contributed by atoms with Crippen LogP contribution in [-0.2, 0) is 13.2 Å². The summed E-state index contributed by atoms with van der Waals surface area (Å²) in [7, 11) is 1.65. The molecule has 2 aromatic carbocycles. The normalized spacial score (nSPS) is 12.0. The Hall–Kier alpha value is -1.60. The Morgan fingerprint density at radius 2 is 1.81 bits per heavy atom. The number of aliphatic hydroxyl groups excluding tert-OH is 1. The molecule has 0 saturated carbocycles. The molecule has 0 bridgehead atoms. The van der Waals surface area contributed by atoms with Crippen LogP contribution in [0.15, 0.2) is 46.9 Å². The number of hydrogen-bond donors (Lipinski definition) is 3. The van der Waals surface area contributed by atoms with Crippen LogP contribution in [0.3, 0.4) is 0 Å². The molecule has 3 N–H and O–H groups in total. The van der Waals surface area contributed by atoms with Gasteiger partial charge in [-0.25, -0.2) is 0 Å². The summed E-state index contributed by atoms with van der Waals surface area (Å²) in [5, 5.41) is 15.8. The molecule has 6 heteroatoms. The quantitative estimate of drug-likeness (QED) is 0.485. The molecular weight excluding hydrogens is 396 g/mol. The van der Waals surface area contributed by atoms with Gasteiger partial charge in [-0.3, -0.25) is 0 Å². The third-order valence-electron chi connectivity index (χ3n) is 3.76. The predicted octanol–water partition coefficient (Wildman–Crippen LogP) is 3.10. The number of aliphatic hydroxyl groups is 1. The third kappa shape index (κ3) is 6.96. The van der Waals surface area contributed by atoms with Crippen LogP contribution < -0.4 is 20.1 Å². The van der Waals surface area contributed by atoms with E-state index in [1.165, 1.54) is 0 Å². The summed E-state index contributed by atoms with van der Waals surface area (Å²) < 4.78 is 12.3. The Bertz CT molecular complexity index is 666. The van der Waals surface area contributed by atoms with Crippen molar-refractivity contribution in [3.63, 3.8) is 0 Å². The molecule has 2 aromatic rings. The van der Waals surface area contributed by atoms with E-state index in [0.717, 1.165) is 35.2 Å². The highest BCUT2D eigenvalue weighted by molar-refractivity contribution is 9.10. The van der Waals surface area contributed by atoms with Gasteiger partial charge in [0.2, 0.25) is 0 Å². The minimum absolute atomic E-state index is 0.321. The van der Waals surface area contributed by atoms with Gasteiger partial charge in [-0.15, -0.1) is 0 Å². The van der Waals surface area contributed by atoms with Crippen molar-refractivity contribution in [2.45, 2.75) is 26.2 Å². The standard InChI is InChI=1S/C20H27BrN2O3/c1-15(24)12-22-8-9-23-13-17-10-18(21)20(19(11-17)25-2)26-14-16-6-4-3-5-7-16/h3-7,10-11,15,22-24H,8-9,12-14H2,1-2H3/t15-/m1/s1. The Labute approximate surface area is 163 Å². The summed E-state index contributed by atoms with van der Waals surface area (Å²) in [5.41, 5.74) is 2.22. The van der Waals surface area contributed by atoms with Crippen LogP contribution in [0.2, 0.25) is 0 Å². The molecular formula is C20H27BrN2O3. The molecule has 5 nitrogen and oxygen atoms in total. The summed E-state index contributed by atoms with van der Waals surface area (Å²) in [6.07, 6.45) is -0.321. The molecule has 0 aliphatic heterocycles. The first kappa shape index (κ1) is 20.7. The second-order valence-electron chi connectivity index (χ2n) is 6.11. The van der Waals surface area contributed by atoms with Crippen molar-refractivity contribution in [3.8, 4) is 11.5 Å². The van der Waals surface area contributed by atoms with Gasteiger partial charge in [0, 0.05) is 26.2 Å². The van der Waals surface area contributed by atoms with Crippen LogP contribution in [0, 0.1) is 0 Å². The van der Waals surface area contributed by atoms with E-state index < -0.39 is 0 Å². The molecule has 2 rings (SSSR count). The molecule has 0 aliphatic rings. The maximum Gasteiger partial charge on any atom is 0.175 e. The zero-order valence-electron chi connectivity index (χ0n) is 15.3. The topological polar surface area (TPSA) is 62.8 Å². The van der Waals surface area contributed by atoms with Gasteiger partial charge in [0.25, 0.3) is 0 Å². The van der Waals surface area contributed by atoms with Gasteiger partial charge >= 0.3 is 0 Å². The summed E-state index contributed by atoms with van der Waals surface area (Å²) in [6, 6.07) is 14.1. The Morgan fingerprint density at radius 1 is 1.08 bits per heavy atom. The fraction of sp³-hybridized carbons (Fsp3) is 0.400. The van der Waals surface area contributed by atoms with Gasteiger partial charge in [-0.05, 0) is 46.1 Å². The second-order valence-corrected chi connectivity index (χ2v) is 6.97. The molecule has 0 fully saturated rings. The molecule has 0 radical (unpaired) electrons. The van der Waals surface area contributed by atoms with Crippen molar-refractivity contribution in [1.29, 1.82) is 0 Å². The first-order chi connectivity index (χ1) is 12.6. The monoisotopic (exact) mass is 422 g/mol. The summed E-state index contributed by atoms with van der Waals surface area (Å²) in [4.78, 5) is 0. The van der Waals surface area contributed by atoms with Crippen LogP contribution in [0.5, 0.6) is 11.5 Å². The minimum atomic E-state index is -0.321. The van der Waals surface area contributed by atoms with Crippen LogP contribution in [-0.4, -0.2) is 38.0 Å². The van der Waals surface area contributed by atoms with E-state index >= 15 is 0 Å². The number of benzene rings is 2. The van der Waals surface area contributed by atoms with Crippen molar-refractivity contribution in [1.82, 2.24) is 10.6 Å². The second kappa shape index (κ2) is 11.2. The third-order valence-corrected chi connectivity index (χ3v) is 4.35. The van der Waals surface area contributed by atoms with Crippen molar-refractivity contribution >= 4 is 15.9 Å². The minimum Gasteiger partial charge on any atom is -0.493 e. The highest BCUT2D eigenvalue weighted by Crippen LogP contribution is 2.37. The van der Waals surface area contributed by atoms with Crippen molar-refractivity contribution in [2.75, 3.05) is 26.7 Å². The average molecular weight is 423 g/mol. The number of halogens is 1. The number of methoxy groups -OCH3 is 1. The van der Waals surface area contributed by atoms with E-state index in [1.54, 1.807) is 14.0 Å². The van der Waals surface area contributed by atoms with E-state index in [2.05, 4.69) is 26.6 Å². The maximum absolute atomic E-state index is 9.20. The lowest BCUT2D eigenvalue weighted by atomic mass is 10.2. The summed E-state index contributed by atoms with van der Waals surface area (Å²) >= 11 is 3.59. The van der Waals surface area contributed by atoms with Crippen LogP contribution >= 0.6 is 15.9 Å². The van der Waals surface area contributed by atoms with Gasteiger partial charge in [0.05, 0.1) is 17.7 Å². The molecule has 1 atom stereocenters. The number of rotatable bonds is 11.